The number of rotatable bonds is 2. The largest absolute Gasteiger partial charge is 0.279 e. The van der Waals surface area contributed by atoms with Crippen LogP contribution < -0.4 is 5.43 Å². The molecule has 0 heterocycles. The molecule has 0 aliphatic rings. The number of nitrogens with one attached hydrogen (secondary N) is 1. The second kappa shape index (κ2) is 5.35. The lowest BCUT2D eigenvalue weighted by Crippen LogP contribution is -1.89. The number of aryl methyl sites for hydroxylation is 1. The van der Waals surface area contributed by atoms with Crippen LogP contribution in [0.5, 0.6) is 0 Å². The molecule has 0 unspecified atom stereocenters. The molecule has 0 aliphatic carbocycles. The fraction of sp³-hybridized carbons (Fsp3) is 0.300. The molecule has 0 fully saturated rings. The van der Waals surface area contributed by atoms with Crippen molar-refractivity contribution in [2.45, 2.75) is 21.3 Å². The second-order valence-electron chi connectivity index (χ2n) is 2.31. The lowest BCUT2D eigenvalue weighted by molar-refractivity contribution is 1.31. The Bertz CT molecular complexity index is 254. The minimum absolute atomic E-state index is 0. The van der Waals surface area contributed by atoms with Gasteiger partial charge in [-0.15, -0.1) is 0 Å². The number of hydrogen-bond acceptors (Lipinski definition) is 2. The fourth-order valence-electron chi connectivity index (χ4n) is 0.832. The van der Waals surface area contributed by atoms with Crippen LogP contribution in [0.4, 0.5) is 5.69 Å². The third kappa shape index (κ3) is 2.74. The van der Waals surface area contributed by atoms with E-state index in [0.29, 0.717) is 0 Å². The summed E-state index contributed by atoms with van der Waals surface area (Å²) < 4.78 is 0. The van der Waals surface area contributed by atoms with E-state index in [0.717, 1.165) is 5.69 Å². The van der Waals surface area contributed by atoms with Gasteiger partial charge in [0.2, 0.25) is 0 Å². The number of para-hydroxylation sites is 1. The van der Waals surface area contributed by atoms with Gasteiger partial charge in [0, 0.05) is 6.21 Å². The van der Waals surface area contributed by atoms with E-state index in [-0.39, 0.29) is 7.43 Å². The van der Waals surface area contributed by atoms with Crippen LogP contribution in [0, 0.1) is 6.92 Å². The first-order valence-corrected chi connectivity index (χ1v) is 3.64. The Morgan fingerprint density at radius 1 is 1.33 bits per heavy atom. The third-order valence-electron chi connectivity index (χ3n) is 1.46. The first-order chi connectivity index (χ1) is 5.34. The molecule has 2 nitrogen and oxygen atoms in total. The summed E-state index contributed by atoms with van der Waals surface area (Å²) in [5.74, 6) is 0. The highest BCUT2D eigenvalue weighted by Crippen LogP contribution is 2.12. The standard InChI is InChI=1S/C9H12N2.CH4/c1-3-10-11-9-7-5-4-6-8(9)2;/h3-7,11H,1-2H3;1H4. The Hall–Kier alpha value is -1.31. The van der Waals surface area contributed by atoms with E-state index in [9.17, 15) is 0 Å². The van der Waals surface area contributed by atoms with E-state index >= 15 is 0 Å². The summed E-state index contributed by atoms with van der Waals surface area (Å²) in [6, 6.07) is 8.05. The van der Waals surface area contributed by atoms with E-state index < -0.39 is 0 Å². The van der Waals surface area contributed by atoms with Crippen LogP contribution in [-0.2, 0) is 0 Å². The van der Waals surface area contributed by atoms with E-state index in [1.54, 1.807) is 6.21 Å². The second-order valence-corrected chi connectivity index (χ2v) is 2.31. The Labute approximate surface area is 74.3 Å². The summed E-state index contributed by atoms with van der Waals surface area (Å²) in [6.07, 6.45) is 1.73. The van der Waals surface area contributed by atoms with Crippen LogP contribution in [0.1, 0.15) is 19.9 Å². The van der Waals surface area contributed by atoms with Crippen molar-refractivity contribution in [3.63, 3.8) is 0 Å². The molecule has 0 bridgehead atoms. The van der Waals surface area contributed by atoms with Gasteiger partial charge >= 0.3 is 0 Å². The lowest BCUT2D eigenvalue weighted by Gasteiger charge is -2.02. The van der Waals surface area contributed by atoms with Gasteiger partial charge in [0.05, 0.1) is 5.69 Å². The van der Waals surface area contributed by atoms with Gasteiger partial charge < -0.3 is 0 Å². The SMILES string of the molecule is C.CC=NNc1ccccc1C. The molecule has 0 amide bonds. The maximum absolute atomic E-state index is 3.93. The number of hydrogen-bond donors (Lipinski definition) is 1. The van der Waals surface area contributed by atoms with Crippen molar-refractivity contribution in [3.8, 4) is 0 Å². The van der Waals surface area contributed by atoms with Crippen LogP contribution in [0.25, 0.3) is 0 Å². The van der Waals surface area contributed by atoms with Crippen LogP contribution >= 0.6 is 0 Å². The molecule has 2 heteroatoms. The summed E-state index contributed by atoms with van der Waals surface area (Å²) in [6.45, 7) is 3.93. The van der Waals surface area contributed by atoms with Crippen LogP contribution in [0.2, 0.25) is 0 Å². The molecule has 66 valence electrons. The van der Waals surface area contributed by atoms with Gasteiger partial charge in [0.25, 0.3) is 0 Å². The monoisotopic (exact) mass is 164 g/mol. The number of hydrazone groups is 1. The van der Waals surface area contributed by atoms with Crippen molar-refractivity contribution < 1.29 is 0 Å². The van der Waals surface area contributed by atoms with Crippen LogP contribution in [0.3, 0.4) is 0 Å². The molecule has 0 aromatic heterocycles. The van der Waals surface area contributed by atoms with E-state index in [2.05, 4.69) is 10.5 Å². The smallest absolute Gasteiger partial charge is 0.0590 e. The highest BCUT2D eigenvalue weighted by atomic mass is 15.3. The summed E-state index contributed by atoms with van der Waals surface area (Å²) in [4.78, 5) is 0. The molecule has 0 saturated carbocycles. The normalized spacial score (nSPS) is 9.50. The molecule has 1 aromatic rings. The number of anilines is 1. The minimum Gasteiger partial charge on any atom is -0.279 e. The molecule has 1 rings (SSSR count). The molecule has 12 heavy (non-hydrogen) atoms. The van der Waals surface area contributed by atoms with Crippen molar-refractivity contribution in [1.29, 1.82) is 0 Å². The predicted octanol–water partition coefficient (Wildman–Crippen LogP) is 3.05. The van der Waals surface area contributed by atoms with Crippen molar-refractivity contribution in [3.05, 3.63) is 29.8 Å². The topological polar surface area (TPSA) is 24.4 Å². The van der Waals surface area contributed by atoms with Crippen LogP contribution in [0.15, 0.2) is 29.4 Å². The highest BCUT2D eigenvalue weighted by Gasteiger charge is 1.90. The first kappa shape index (κ1) is 10.7. The van der Waals surface area contributed by atoms with Gasteiger partial charge in [0.1, 0.15) is 0 Å². The van der Waals surface area contributed by atoms with Gasteiger partial charge in [-0.2, -0.15) is 5.10 Å². The molecular formula is C10H16N2. The number of nitrogens with zero attached hydrogens (tertiary/aromatic N) is 1. The minimum atomic E-state index is 0. The van der Waals surface area contributed by atoms with E-state index in [1.165, 1.54) is 5.56 Å². The fourth-order valence-corrected chi connectivity index (χ4v) is 0.832. The summed E-state index contributed by atoms with van der Waals surface area (Å²) in [5, 5.41) is 3.93. The zero-order chi connectivity index (χ0) is 8.10. The maximum atomic E-state index is 3.93. The average Bonchev–Trinajstić information content (AvgIpc) is 2.03. The summed E-state index contributed by atoms with van der Waals surface area (Å²) >= 11 is 0. The first-order valence-electron chi connectivity index (χ1n) is 3.64. The van der Waals surface area contributed by atoms with E-state index in [4.69, 9.17) is 0 Å². The Morgan fingerprint density at radius 2 is 2.00 bits per heavy atom. The van der Waals surface area contributed by atoms with Crippen LogP contribution in [-0.4, -0.2) is 6.21 Å². The zero-order valence-electron chi connectivity index (χ0n) is 6.83. The molecule has 0 radical (unpaired) electrons. The summed E-state index contributed by atoms with van der Waals surface area (Å²) in [5.41, 5.74) is 5.20. The zero-order valence-corrected chi connectivity index (χ0v) is 6.83. The highest BCUT2D eigenvalue weighted by molar-refractivity contribution is 5.57. The Balaban J connectivity index is 0.00000121. The van der Waals surface area contributed by atoms with Crippen molar-refractivity contribution in [2.24, 2.45) is 5.10 Å². The van der Waals surface area contributed by atoms with Crippen molar-refractivity contribution >= 4 is 11.9 Å². The molecule has 1 aromatic carbocycles. The Morgan fingerprint density at radius 3 is 2.58 bits per heavy atom. The lowest BCUT2D eigenvalue weighted by atomic mass is 10.2. The molecule has 0 atom stereocenters. The predicted molar refractivity (Wildman–Crippen MR) is 55.7 cm³/mol. The van der Waals surface area contributed by atoms with Gasteiger partial charge in [0.15, 0.2) is 0 Å². The number of benzene rings is 1. The molecule has 0 saturated heterocycles. The third-order valence-corrected chi connectivity index (χ3v) is 1.46. The van der Waals surface area contributed by atoms with Gasteiger partial charge in [-0.3, -0.25) is 5.43 Å². The van der Waals surface area contributed by atoms with Gasteiger partial charge in [-0.1, -0.05) is 25.6 Å². The molecule has 0 aliphatic heterocycles. The van der Waals surface area contributed by atoms with Crippen molar-refractivity contribution in [2.75, 3.05) is 5.43 Å². The molecule has 1 N–H and O–H groups in total. The summed E-state index contributed by atoms with van der Waals surface area (Å²) in [7, 11) is 0. The van der Waals surface area contributed by atoms with Gasteiger partial charge in [-0.25, -0.2) is 0 Å². The maximum Gasteiger partial charge on any atom is 0.0590 e. The average molecular weight is 164 g/mol. The van der Waals surface area contributed by atoms with Gasteiger partial charge in [-0.05, 0) is 25.5 Å². The van der Waals surface area contributed by atoms with E-state index in [1.807, 2.05) is 38.1 Å². The van der Waals surface area contributed by atoms with Crippen molar-refractivity contribution in [1.82, 2.24) is 0 Å². The molecular weight excluding hydrogens is 148 g/mol. The Kier molecular flexibility index (Phi) is 4.77. The quantitative estimate of drug-likeness (QED) is 0.527. The molecule has 0 spiro atoms.